The van der Waals surface area contributed by atoms with E-state index in [9.17, 15) is 25.2 Å². The highest BCUT2D eigenvalue weighted by Gasteiger charge is 2.40. The van der Waals surface area contributed by atoms with Gasteiger partial charge >= 0.3 is 0 Å². The van der Waals surface area contributed by atoms with E-state index < -0.39 is 42.8 Å². The molecule has 0 aromatic heterocycles. The van der Waals surface area contributed by atoms with E-state index in [2.05, 4.69) is 4.74 Å². The van der Waals surface area contributed by atoms with Crippen molar-refractivity contribution in [2.75, 3.05) is 20.3 Å². The van der Waals surface area contributed by atoms with Crippen LogP contribution in [0.5, 0.6) is 0 Å². The number of aliphatic hydroxyl groups is 5. The Hall–Kier alpha value is -0.650. The predicted octanol–water partition coefficient (Wildman–Crippen LogP) is -3.27. The average Bonchev–Trinajstić information content (AvgIpc) is 2.76. The van der Waals surface area contributed by atoms with Gasteiger partial charge in [-0.1, -0.05) is 0 Å². The smallest absolute Gasteiger partial charge is 0.192 e. The first kappa shape index (κ1) is 17.4. The van der Waals surface area contributed by atoms with Crippen LogP contribution in [0.1, 0.15) is 6.42 Å². The summed E-state index contributed by atoms with van der Waals surface area (Å²) in [4.78, 5) is 11.1. The second kappa shape index (κ2) is 7.96. The van der Waals surface area contributed by atoms with E-state index in [-0.39, 0.29) is 19.6 Å². The zero-order valence-electron chi connectivity index (χ0n) is 11.0. The first-order valence-electron chi connectivity index (χ1n) is 6.08. The number of Topliss-reactive ketones (excluding diaryl/α,β-unsaturated/α-hetero) is 1. The number of ether oxygens (including phenoxy) is 3. The lowest BCUT2D eigenvalue weighted by Gasteiger charge is -2.30. The van der Waals surface area contributed by atoms with Gasteiger partial charge in [0, 0.05) is 13.7 Å². The Morgan fingerprint density at radius 2 is 2.00 bits per heavy atom. The third-order valence-electron chi connectivity index (χ3n) is 2.96. The molecule has 0 aromatic rings. The van der Waals surface area contributed by atoms with Crippen LogP contribution in [-0.4, -0.2) is 88.6 Å². The van der Waals surface area contributed by atoms with Gasteiger partial charge in [-0.05, 0) is 6.42 Å². The minimum Gasteiger partial charge on any atom is -0.396 e. The molecule has 1 aliphatic heterocycles. The highest BCUT2D eigenvalue weighted by atomic mass is 16.7. The molecule has 1 rings (SSSR count). The maximum absolute atomic E-state index is 11.1. The molecule has 9 nitrogen and oxygen atoms in total. The van der Waals surface area contributed by atoms with Crippen molar-refractivity contribution in [3.05, 3.63) is 0 Å². The molecule has 6 atom stereocenters. The Labute approximate surface area is 115 Å². The van der Waals surface area contributed by atoms with E-state index in [4.69, 9.17) is 14.6 Å². The topological polar surface area (TPSA) is 146 Å². The summed E-state index contributed by atoms with van der Waals surface area (Å²) >= 11 is 0. The Morgan fingerprint density at radius 1 is 1.35 bits per heavy atom. The van der Waals surface area contributed by atoms with Crippen LogP contribution < -0.4 is 0 Å². The monoisotopic (exact) mass is 296 g/mol. The van der Waals surface area contributed by atoms with Gasteiger partial charge in [-0.15, -0.1) is 0 Å². The van der Waals surface area contributed by atoms with Gasteiger partial charge in [0.1, 0.15) is 18.8 Å². The lowest BCUT2D eigenvalue weighted by atomic mass is 10.0. The minimum atomic E-state index is -1.69. The molecule has 0 bridgehead atoms. The van der Waals surface area contributed by atoms with Crippen LogP contribution in [0.25, 0.3) is 0 Å². The van der Waals surface area contributed by atoms with Gasteiger partial charge in [0.05, 0.1) is 6.10 Å². The summed E-state index contributed by atoms with van der Waals surface area (Å²) in [6.07, 6.45) is -8.99. The highest BCUT2D eigenvalue weighted by molar-refractivity contribution is 5.86. The van der Waals surface area contributed by atoms with Crippen molar-refractivity contribution < 1.29 is 44.5 Å². The van der Waals surface area contributed by atoms with Gasteiger partial charge in [-0.25, -0.2) is 0 Å². The van der Waals surface area contributed by atoms with Crippen molar-refractivity contribution >= 4 is 5.78 Å². The molecule has 1 saturated heterocycles. The first-order chi connectivity index (χ1) is 9.42. The third-order valence-corrected chi connectivity index (χ3v) is 2.96. The van der Waals surface area contributed by atoms with E-state index in [0.717, 1.165) is 7.11 Å². The van der Waals surface area contributed by atoms with Gasteiger partial charge in [0.25, 0.3) is 0 Å². The van der Waals surface area contributed by atoms with Gasteiger partial charge in [0.2, 0.25) is 0 Å². The molecule has 0 aliphatic carbocycles. The maximum atomic E-state index is 11.1. The molecule has 0 saturated carbocycles. The largest absolute Gasteiger partial charge is 0.396 e. The van der Waals surface area contributed by atoms with Gasteiger partial charge in [-0.2, -0.15) is 0 Å². The van der Waals surface area contributed by atoms with Crippen molar-refractivity contribution in [2.45, 2.75) is 43.4 Å². The molecular weight excluding hydrogens is 276 g/mol. The van der Waals surface area contributed by atoms with Gasteiger partial charge in [-0.3, -0.25) is 4.79 Å². The Balaban J connectivity index is 2.66. The molecule has 20 heavy (non-hydrogen) atoms. The van der Waals surface area contributed by atoms with E-state index in [1.54, 1.807) is 0 Å². The second-order valence-electron chi connectivity index (χ2n) is 4.38. The first-order valence-corrected chi connectivity index (χ1v) is 6.08. The van der Waals surface area contributed by atoms with Crippen LogP contribution in [-0.2, 0) is 19.0 Å². The quantitative estimate of drug-likeness (QED) is 0.291. The molecule has 1 aliphatic rings. The molecule has 1 fully saturated rings. The van der Waals surface area contributed by atoms with Crippen LogP contribution in [0.3, 0.4) is 0 Å². The third kappa shape index (κ3) is 4.17. The Morgan fingerprint density at radius 3 is 2.45 bits per heavy atom. The number of carbonyl (C=O) groups excluding carboxylic acids is 1. The summed E-state index contributed by atoms with van der Waals surface area (Å²) < 4.78 is 14.5. The fourth-order valence-corrected chi connectivity index (χ4v) is 1.75. The molecule has 0 radical (unpaired) electrons. The summed E-state index contributed by atoms with van der Waals surface area (Å²) in [5.41, 5.74) is 0. The van der Waals surface area contributed by atoms with Gasteiger partial charge < -0.3 is 39.7 Å². The number of hydrogen-bond acceptors (Lipinski definition) is 9. The molecule has 0 amide bonds. The van der Waals surface area contributed by atoms with Crippen molar-refractivity contribution in [1.82, 2.24) is 0 Å². The van der Waals surface area contributed by atoms with Crippen LogP contribution in [0, 0.1) is 0 Å². The van der Waals surface area contributed by atoms with Gasteiger partial charge in [0.15, 0.2) is 24.5 Å². The molecular formula is C11H20O9. The average molecular weight is 296 g/mol. The van der Waals surface area contributed by atoms with Crippen LogP contribution in [0.15, 0.2) is 0 Å². The van der Waals surface area contributed by atoms with Crippen LogP contribution >= 0.6 is 0 Å². The Kier molecular flexibility index (Phi) is 6.92. The van der Waals surface area contributed by atoms with E-state index >= 15 is 0 Å². The lowest BCUT2D eigenvalue weighted by molar-refractivity contribution is -0.236. The van der Waals surface area contributed by atoms with Crippen LogP contribution in [0.2, 0.25) is 0 Å². The number of ketones is 1. The van der Waals surface area contributed by atoms with E-state index in [0.29, 0.717) is 0 Å². The fourth-order valence-electron chi connectivity index (χ4n) is 1.75. The zero-order chi connectivity index (χ0) is 15.3. The highest BCUT2D eigenvalue weighted by Crippen LogP contribution is 2.19. The zero-order valence-corrected chi connectivity index (χ0v) is 11.0. The molecule has 3 unspecified atom stereocenters. The summed E-state index contributed by atoms with van der Waals surface area (Å²) in [7, 11) is 1.13. The number of rotatable bonds is 8. The molecule has 0 spiro atoms. The number of methoxy groups -OCH3 is 1. The minimum absolute atomic E-state index is 0.102. The molecule has 9 heteroatoms. The SMILES string of the molecule is CO[C@@H](O)C(O)C(O)[C@@H](CCO)O[C@H]1OCC(=O)C1O. The lowest BCUT2D eigenvalue weighted by Crippen LogP contribution is -2.48. The number of carbonyl (C=O) groups is 1. The number of aliphatic hydroxyl groups excluding tert-OH is 5. The molecule has 0 aromatic carbocycles. The summed E-state index contributed by atoms with van der Waals surface area (Å²) in [6, 6.07) is 0. The Bertz CT molecular complexity index is 310. The summed E-state index contributed by atoms with van der Waals surface area (Å²) in [5.74, 6) is -0.565. The summed E-state index contributed by atoms with van der Waals surface area (Å²) in [6.45, 7) is -0.703. The van der Waals surface area contributed by atoms with Crippen molar-refractivity contribution in [3.8, 4) is 0 Å². The molecule has 5 N–H and O–H groups in total. The van der Waals surface area contributed by atoms with E-state index in [1.807, 2.05) is 0 Å². The van der Waals surface area contributed by atoms with E-state index in [1.165, 1.54) is 0 Å². The summed E-state index contributed by atoms with van der Waals surface area (Å²) in [5, 5.41) is 47.2. The second-order valence-corrected chi connectivity index (χ2v) is 4.38. The molecule has 1 heterocycles. The number of hydrogen-bond donors (Lipinski definition) is 5. The van der Waals surface area contributed by atoms with Crippen LogP contribution in [0.4, 0.5) is 0 Å². The van der Waals surface area contributed by atoms with Crippen molar-refractivity contribution in [1.29, 1.82) is 0 Å². The maximum Gasteiger partial charge on any atom is 0.192 e. The van der Waals surface area contributed by atoms with Crippen molar-refractivity contribution in [2.24, 2.45) is 0 Å². The fraction of sp³-hybridized carbons (Fsp3) is 0.909. The molecule has 118 valence electrons. The normalized spacial score (nSPS) is 29.2. The predicted molar refractivity (Wildman–Crippen MR) is 62.4 cm³/mol. The standard InChI is InChI=1S/C11H20O9/c1-18-10(17)9(16)8(15)6(2-3-12)20-11-7(14)5(13)4-19-11/h6-12,14-17H,2-4H2,1H3/t6-,7?,8?,9?,10-,11-/m1/s1. The van der Waals surface area contributed by atoms with Crippen molar-refractivity contribution in [3.63, 3.8) is 0 Å².